The Morgan fingerprint density at radius 2 is 0.867 bits per heavy atom. The molecule has 6 nitrogen and oxygen atoms in total. The van der Waals surface area contributed by atoms with Crippen molar-refractivity contribution in [2.45, 2.75) is 93.4 Å². The third kappa shape index (κ3) is 14.4. The molecule has 0 saturated heterocycles. The number of carbonyl (C=O) groups is 3. The number of rotatable bonds is 16. The minimum atomic E-state index is -0.728. The SMILES string of the molecule is CCC(COC(=O)CCC(C)C)(COC(=O)CCC(C)C)COC(=O)CCC(C)C. The summed E-state index contributed by atoms with van der Waals surface area (Å²) >= 11 is 0. The number of carbonyl (C=O) groups excluding carboxylic acids is 3. The van der Waals surface area contributed by atoms with Gasteiger partial charge in [-0.25, -0.2) is 0 Å². The largest absolute Gasteiger partial charge is 0.465 e. The van der Waals surface area contributed by atoms with Crippen molar-refractivity contribution in [1.29, 1.82) is 0 Å². The third-order valence-corrected chi connectivity index (χ3v) is 5.15. The van der Waals surface area contributed by atoms with E-state index in [1.54, 1.807) is 0 Å². The topological polar surface area (TPSA) is 78.9 Å². The van der Waals surface area contributed by atoms with Crippen molar-refractivity contribution in [1.82, 2.24) is 0 Å². The molecule has 176 valence electrons. The first-order valence-electron chi connectivity index (χ1n) is 11.5. The van der Waals surface area contributed by atoms with Crippen LogP contribution in [0.15, 0.2) is 0 Å². The van der Waals surface area contributed by atoms with Gasteiger partial charge in [0.2, 0.25) is 0 Å². The molecule has 0 rings (SSSR count). The summed E-state index contributed by atoms with van der Waals surface area (Å²) in [5.41, 5.74) is -0.728. The highest BCUT2D eigenvalue weighted by Crippen LogP contribution is 2.25. The van der Waals surface area contributed by atoms with Gasteiger partial charge >= 0.3 is 17.9 Å². The Morgan fingerprint density at radius 1 is 0.600 bits per heavy atom. The molecule has 0 amide bonds. The van der Waals surface area contributed by atoms with Crippen LogP contribution in [0.5, 0.6) is 0 Å². The zero-order valence-corrected chi connectivity index (χ0v) is 20.3. The molecule has 0 aliphatic rings. The van der Waals surface area contributed by atoms with Crippen molar-refractivity contribution in [2.24, 2.45) is 23.2 Å². The Bertz CT molecular complexity index is 441. The van der Waals surface area contributed by atoms with Crippen molar-refractivity contribution in [3.05, 3.63) is 0 Å². The first-order chi connectivity index (χ1) is 14.0. The molecule has 0 aromatic heterocycles. The van der Waals surface area contributed by atoms with Gasteiger partial charge in [-0.15, -0.1) is 0 Å². The molecule has 0 spiro atoms. The first-order valence-corrected chi connectivity index (χ1v) is 11.5. The van der Waals surface area contributed by atoms with Crippen LogP contribution in [0, 0.1) is 23.2 Å². The predicted octanol–water partition coefficient (Wildman–Crippen LogP) is 5.32. The highest BCUT2D eigenvalue weighted by Gasteiger charge is 2.34. The summed E-state index contributed by atoms with van der Waals surface area (Å²) in [5.74, 6) is 0.406. The Kier molecular flexibility index (Phi) is 14.4. The van der Waals surface area contributed by atoms with E-state index in [2.05, 4.69) is 41.5 Å². The van der Waals surface area contributed by atoms with Crippen LogP contribution in [0.4, 0.5) is 0 Å². The second-order valence-electron chi connectivity index (χ2n) is 9.63. The minimum absolute atomic E-state index is 0.0648. The van der Waals surface area contributed by atoms with Gasteiger partial charge in [0.05, 0.1) is 5.41 Å². The average Bonchev–Trinajstić information content (AvgIpc) is 2.68. The molecular formula is C24H44O6. The van der Waals surface area contributed by atoms with Crippen LogP contribution in [0.2, 0.25) is 0 Å². The van der Waals surface area contributed by atoms with E-state index in [-0.39, 0.29) is 37.7 Å². The monoisotopic (exact) mass is 428 g/mol. The van der Waals surface area contributed by atoms with E-state index in [1.807, 2.05) is 6.92 Å². The Morgan fingerprint density at radius 3 is 1.07 bits per heavy atom. The van der Waals surface area contributed by atoms with Gasteiger partial charge in [-0.1, -0.05) is 48.5 Å². The molecule has 0 N–H and O–H groups in total. The molecule has 0 bridgehead atoms. The molecule has 6 heteroatoms. The normalized spacial score (nSPS) is 11.8. The maximum absolute atomic E-state index is 12.1. The summed E-state index contributed by atoms with van der Waals surface area (Å²) < 4.78 is 16.5. The second-order valence-corrected chi connectivity index (χ2v) is 9.63. The summed E-state index contributed by atoms with van der Waals surface area (Å²) in [4.78, 5) is 36.3. The van der Waals surface area contributed by atoms with Gasteiger partial charge in [-0.05, 0) is 43.4 Å². The van der Waals surface area contributed by atoms with E-state index < -0.39 is 5.41 Å². The fourth-order valence-corrected chi connectivity index (χ4v) is 2.57. The fraction of sp³-hybridized carbons (Fsp3) is 0.875. The minimum Gasteiger partial charge on any atom is -0.465 e. The van der Waals surface area contributed by atoms with Gasteiger partial charge in [-0.2, -0.15) is 0 Å². The lowest BCUT2D eigenvalue weighted by Crippen LogP contribution is -2.39. The van der Waals surface area contributed by atoms with Crippen LogP contribution < -0.4 is 0 Å². The molecule has 0 aliphatic carbocycles. The Balaban J connectivity index is 4.93. The quantitative estimate of drug-likeness (QED) is 0.244. The van der Waals surface area contributed by atoms with E-state index >= 15 is 0 Å². The Labute approximate surface area is 183 Å². The lowest BCUT2D eigenvalue weighted by Gasteiger charge is -2.31. The molecule has 0 aromatic rings. The van der Waals surface area contributed by atoms with Gasteiger partial charge in [-0.3, -0.25) is 14.4 Å². The molecule has 0 saturated carbocycles. The highest BCUT2D eigenvalue weighted by molar-refractivity contribution is 5.70. The molecular weight excluding hydrogens is 384 g/mol. The van der Waals surface area contributed by atoms with Crippen molar-refractivity contribution >= 4 is 17.9 Å². The number of hydrogen-bond acceptors (Lipinski definition) is 6. The second kappa shape index (κ2) is 15.2. The van der Waals surface area contributed by atoms with Crippen LogP contribution in [-0.2, 0) is 28.6 Å². The van der Waals surface area contributed by atoms with Crippen LogP contribution in [0.3, 0.4) is 0 Å². The summed E-state index contributed by atoms with van der Waals surface area (Å²) in [7, 11) is 0. The zero-order chi connectivity index (χ0) is 23.2. The lowest BCUT2D eigenvalue weighted by molar-refractivity contribution is -0.162. The van der Waals surface area contributed by atoms with Crippen molar-refractivity contribution in [3.8, 4) is 0 Å². The molecule has 0 heterocycles. The fourth-order valence-electron chi connectivity index (χ4n) is 2.57. The molecule has 0 unspecified atom stereocenters. The third-order valence-electron chi connectivity index (χ3n) is 5.15. The van der Waals surface area contributed by atoms with Crippen LogP contribution >= 0.6 is 0 Å². The molecule has 0 aliphatic heterocycles. The van der Waals surface area contributed by atoms with E-state index in [4.69, 9.17) is 14.2 Å². The summed E-state index contributed by atoms with van der Waals surface area (Å²) in [6, 6.07) is 0. The van der Waals surface area contributed by atoms with Gasteiger partial charge in [0.15, 0.2) is 0 Å². The molecule has 30 heavy (non-hydrogen) atoms. The Hall–Kier alpha value is -1.59. The maximum atomic E-state index is 12.1. The lowest BCUT2D eigenvalue weighted by atomic mass is 9.88. The molecule has 0 fully saturated rings. The van der Waals surface area contributed by atoms with Gasteiger partial charge in [0.1, 0.15) is 19.8 Å². The van der Waals surface area contributed by atoms with E-state index in [9.17, 15) is 14.4 Å². The molecule has 0 aromatic carbocycles. The highest BCUT2D eigenvalue weighted by atomic mass is 16.6. The van der Waals surface area contributed by atoms with E-state index in [0.717, 1.165) is 19.3 Å². The number of ether oxygens (including phenoxy) is 3. The number of hydrogen-bond donors (Lipinski definition) is 0. The zero-order valence-electron chi connectivity index (χ0n) is 20.3. The van der Waals surface area contributed by atoms with Gasteiger partial charge < -0.3 is 14.2 Å². The average molecular weight is 429 g/mol. The summed E-state index contributed by atoms with van der Waals surface area (Å²) in [6.45, 7) is 14.4. The van der Waals surface area contributed by atoms with Crippen molar-refractivity contribution in [2.75, 3.05) is 19.8 Å². The number of esters is 3. The smallest absolute Gasteiger partial charge is 0.305 e. The van der Waals surface area contributed by atoms with Crippen LogP contribution in [-0.4, -0.2) is 37.7 Å². The maximum Gasteiger partial charge on any atom is 0.305 e. The van der Waals surface area contributed by atoms with Gasteiger partial charge in [0, 0.05) is 19.3 Å². The first kappa shape index (κ1) is 28.4. The van der Waals surface area contributed by atoms with Gasteiger partial charge in [0.25, 0.3) is 0 Å². The van der Waals surface area contributed by atoms with E-state index in [0.29, 0.717) is 43.4 Å². The predicted molar refractivity (Wildman–Crippen MR) is 118 cm³/mol. The molecule has 0 atom stereocenters. The summed E-state index contributed by atoms with van der Waals surface area (Å²) in [6.07, 6.45) is 3.86. The van der Waals surface area contributed by atoms with Crippen molar-refractivity contribution < 1.29 is 28.6 Å². The molecule has 0 radical (unpaired) electrons. The summed E-state index contributed by atoms with van der Waals surface area (Å²) in [5, 5.41) is 0. The van der Waals surface area contributed by atoms with E-state index in [1.165, 1.54) is 0 Å². The standard InChI is InChI=1S/C24H44O6/c1-8-24(15-28-21(25)12-9-18(2)3,16-29-22(26)13-10-19(4)5)17-30-23(27)14-11-20(6)7/h18-20H,8-17H2,1-7H3. The van der Waals surface area contributed by atoms with Crippen LogP contribution in [0.1, 0.15) is 93.4 Å². The van der Waals surface area contributed by atoms with Crippen molar-refractivity contribution in [3.63, 3.8) is 0 Å². The van der Waals surface area contributed by atoms with Crippen LogP contribution in [0.25, 0.3) is 0 Å².